The number of rotatable bonds is 6. The van der Waals surface area contributed by atoms with Gasteiger partial charge in [0.05, 0.1) is 0 Å². The fraction of sp³-hybridized carbons (Fsp3) is 0.333. The van der Waals surface area contributed by atoms with Crippen molar-refractivity contribution in [1.29, 1.82) is 0 Å². The van der Waals surface area contributed by atoms with Gasteiger partial charge in [0.2, 0.25) is 0 Å². The van der Waals surface area contributed by atoms with Crippen molar-refractivity contribution in [3.63, 3.8) is 0 Å². The van der Waals surface area contributed by atoms with Gasteiger partial charge in [-0.05, 0) is 18.5 Å². The van der Waals surface area contributed by atoms with Gasteiger partial charge >= 0.3 is 25.8 Å². The van der Waals surface area contributed by atoms with E-state index in [1.54, 1.807) is 0 Å². The second kappa shape index (κ2) is 10.5. The Balaban J connectivity index is 0. The number of hydrogen-bond donors (Lipinski definition) is 0. The minimum absolute atomic E-state index is 0. The fourth-order valence-electron chi connectivity index (χ4n) is 0.771. The van der Waals surface area contributed by atoms with Gasteiger partial charge in [0.25, 0.3) is 0 Å². The Morgan fingerprint density at radius 2 is 1.09 bits per heavy atom. The molecule has 0 unspecified atom stereocenters. The molecular weight excluding hydrogens is 254 g/mol. The summed E-state index contributed by atoms with van der Waals surface area (Å²) in [5, 5.41) is 0. The summed E-state index contributed by atoms with van der Waals surface area (Å²) in [6, 6.07) is 0. The summed E-state index contributed by atoms with van der Waals surface area (Å²) in [7, 11) is 0.0849. The third-order valence-corrected chi connectivity index (χ3v) is 3.49. The third kappa shape index (κ3) is 8.43. The molecule has 0 fully saturated rings. The molecule has 0 rings (SSSR count). The summed E-state index contributed by atoms with van der Waals surface area (Å²) in [5.74, 6) is 0. The van der Waals surface area contributed by atoms with Crippen LogP contribution >= 0.6 is 7.92 Å². The standard InChI is InChI=1S/C9H15P.In.3H/c1-4-7-10(8-5-2)9-6-3;;;;/h4-6H,1-3,7-9H2;;;;. The molecule has 0 bridgehead atoms. The van der Waals surface area contributed by atoms with Crippen LogP contribution in [0, 0.1) is 0 Å². The topological polar surface area (TPSA) is 0 Å². The Kier molecular flexibility index (Phi) is 13.5. The maximum atomic E-state index is 3.71. The van der Waals surface area contributed by atoms with E-state index < -0.39 is 0 Å². The van der Waals surface area contributed by atoms with Crippen LogP contribution in [-0.2, 0) is 0 Å². The van der Waals surface area contributed by atoms with E-state index >= 15 is 0 Å². The van der Waals surface area contributed by atoms with E-state index in [9.17, 15) is 0 Å². The van der Waals surface area contributed by atoms with Crippen LogP contribution < -0.4 is 0 Å². The molecule has 0 saturated heterocycles. The Labute approximate surface area is 90.0 Å². The van der Waals surface area contributed by atoms with Crippen molar-refractivity contribution < 1.29 is 0 Å². The first-order valence-electron chi connectivity index (χ1n) is 3.40. The molecule has 2 heteroatoms. The molecule has 0 atom stereocenters. The van der Waals surface area contributed by atoms with Gasteiger partial charge in [-0.25, -0.2) is 0 Å². The van der Waals surface area contributed by atoms with Gasteiger partial charge in [-0.1, -0.05) is 26.1 Å². The van der Waals surface area contributed by atoms with Crippen LogP contribution in [0.15, 0.2) is 38.0 Å². The van der Waals surface area contributed by atoms with E-state index in [0.29, 0.717) is 0 Å². The molecule has 0 amide bonds. The predicted octanol–water partition coefficient (Wildman–Crippen LogP) is 1.84. The van der Waals surface area contributed by atoms with Crippen LogP contribution in [-0.4, -0.2) is 44.3 Å². The average molecular weight is 272 g/mol. The van der Waals surface area contributed by atoms with Gasteiger partial charge in [0.1, 0.15) is 0 Å². The van der Waals surface area contributed by atoms with Crippen LogP contribution in [0.1, 0.15) is 0 Å². The summed E-state index contributed by atoms with van der Waals surface area (Å²) in [6.07, 6.45) is 9.35. The quantitative estimate of drug-likeness (QED) is 0.511. The van der Waals surface area contributed by atoms with Crippen molar-refractivity contribution in [2.45, 2.75) is 0 Å². The first kappa shape index (κ1) is 14.1. The molecule has 0 heterocycles. The summed E-state index contributed by atoms with van der Waals surface area (Å²) >= 11 is 0. The molecule has 0 aromatic rings. The first-order valence-corrected chi connectivity index (χ1v) is 5.30. The van der Waals surface area contributed by atoms with E-state index in [1.165, 1.54) is 0 Å². The van der Waals surface area contributed by atoms with Crippen molar-refractivity contribution in [3.05, 3.63) is 38.0 Å². The molecule has 0 aliphatic rings. The summed E-state index contributed by atoms with van der Waals surface area (Å²) in [5.41, 5.74) is 0. The SMILES string of the molecule is C=CCP(CC=C)CC=C.[InH3]. The molecule has 0 spiro atoms. The van der Waals surface area contributed by atoms with Crippen molar-refractivity contribution >= 4 is 33.8 Å². The predicted molar refractivity (Wildman–Crippen MR) is 62.1 cm³/mol. The molecule has 0 radical (unpaired) electrons. The van der Waals surface area contributed by atoms with E-state index in [2.05, 4.69) is 19.7 Å². The molecule has 11 heavy (non-hydrogen) atoms. The minimum atomic E-state index is 0. The molecule has 62 valence electrons. The summed E-state index contributed by atoms with van der Waals surface area (Å²) in [4.78, 5) is 0. The van der Waals surface area contributed by atoms with Gasteiger partial charge in [0.15, 0.2) is 0 Å². The second-order valence-electron chi connectivity index (χ2n) is 2.08. The number of allylic oxidation sites excluding steroid dienone is 3. The van der Waals surface area contributed by atoms with E-state index in [1.807, 2.05) is 18.2 Å². The van der Waals surface area contributed by atoms with Crippen LogP contribution in [0.2, 0.25) is 0 Å². The normalized spacial score (nSPS) is 8.45. The van der Waals surface area contributed by atoms with E-state index in [4.69, 9.17) is 0 Å². The Hall–Kier alpha value is 0.520. The molecule has 0 N–H and O–H groups in total. The van der Waals surface area contributed by atoms with Gasteiger partial charge in [0, 0.05) is 0 Å². The Morgan fingerprint density at radius 3 is 1.27 bits per heavy atom. The Bertz CT molecular complexity index is 97.0. The molecule has 0 nitrogen and oxygen atoms in total. The van der Waals surface area contributed by atoms with Gasteiger partial charge < -0.3 is 0 Å². The second-order valence-corrected chi connectivity index (χ2v) is 4.52. The molecule has 0 aliphatic carbocycles. The van der Waals surface area contributed by atoms with Crippen LogP contribution in [0.4, 0.5) is 0 Å². The molecule has 0 aliphatic heterocycles. The average Bonchev–Trinajstić information content (AvgIpc) is 1.90. The molecule has 0 saturated carbocycles. The summed E-state index contributed by atoms with van der Waals surface area (Å²) in [6.45, 7) is 11.1. The van der Waals surface area contributed by atoms with Gasteiger partial charge in [-0.3, -0.25) is 0 Å². The van der Waals surface area contributed by atoms with Crippen LogP contribution in [0.25, 0.3) is 0 Å². The first-order chi connectivity index (χ1) is 4.85. The zero-order valence-corrected chi connectivity index (χ0v) is 7.32. The van der Waals surface area contributed by atoms with Crippen molar-refractivity contribution in [1.82, 2.24) is 0 Å². The maximum absolute atomic E-state index is 3.71. The van der Waals surface area contributed by atoms with Crippen molar-refractivity contribution in [3.8, 4) is 0 Å². The van der Waals surface area contributed by atoms with Crippen LogP contribution in [0.5, 0.6) is 0 Å². The van der Waals surface area contributed by atoms with E-state index in [0.717, 1.165) is 18.5 Å². The van der Waals surface area contributed by atoms with Gasteiger partial charge in [-0.2, -0.15) is 0 Å². The zero-order chi connectivity index (χ0) is 7.82. The van der Waals surface area contributed by atoms with E-state index in [-0.39, 0.29) is 33.8 Å². The molecule has 0 aromatic heterocycles. The molecular formula is C9H18InP. The monoisotopic (exact) mass is 272 g/mol. The van der Waals surface area contributed by atoms with Crippen molar-refractivity contribution in [2.75, 3.05) is 18.5 Å². The van der Waals surface area contributed by atoms with Gasteiger partial charge in [-0.15, -0.1) is 19.7 Å². The van der Waals surface area contributed by atoms with Crippen molar-refractivity contribution in [2.24, 2.45) is 0 Å². The zero-order valence-electron chi connectivity index (χ0n) is 6.42. The summed E-state index contributed by atoms with van der Waals surface area (Å²) < 4.78 is 0. The fourth-order valence-corrected chi connectivity index (χ4v) is 2.31. The molecule has 0 aromatic carbocycles. The Morgan fingerprint density at radius 1 is 0.818 bits per heavy atom. The van der Waals surface area contributed by atoms with Crippen LogP contribution in [0.3, 0.4) is 0 Å². The number of hydrogen-bond acceptors (Lipinski definition) is 0. The third-order valence-electron chi connectivity index (χ3n) is 1.16.